The maximum absolute atomic E-state index is 6.40. The molecule has 3 aliphatic rings. The van der Waals surface area contributed by atoms with Gasteiger partial charge in [0, 0.05) is 24.8 Å². The Labute approximate surface area is 191 Å². The third-order valence-corrected chi connectivity index (χ3v) is 7.36. The molecule has 0 N–H and O–H groups in total. The van der Waals surface area contributed by atoms with Gasteiger partial charge in [-0.05, 0) is 49.5 Å². The van der Waals surface area contributed by atoms with Crippen LogP contribution < -0.4 is 21.3 Å². The van der Waals surface area contributed by atoms with Crippen molar-refractivity contribution in [3.05, 3.63) is 46.3 Å². The van der Waals surface area contributed by atoms with Crippen LogP contribution in [0.2, 0.25) is 0 Å². The number of anilines is 1. The lowest BCUT2D eigenvalue weighted by Gasteiger charge is -2.28. The lowest BCUT2D eigenvalue weighted by Crippen LogP contribution is -2.36. The molecule has 0 amide bonds. The molecule has 3 fully saturated rings. The van der Waals surface area contributed by atoms with Crippen molar-refractivity contribution in [3.63, 3.8) is 0 Å². The molecule has 5 rings (SSSR count). The predicted molar refractivity (Wildman–Crippen MR) is 129 cm³/mol. The highest BCUT2D eigenvalue weighted by Crippen LogP contribution is 2.26. The monoisotopic (exact) mass is 435 g/mol. The van der Waals surface area contributed by atoms with Crippen LogP contribution in [0.15, 0.2) is 33.7 Å². The minimum Gasteiger partial charge on any atom is -0.424 e. The SMILES string of the molecule is C=c1/c(=C\c2ccc(N3CCOCC3)cc2)o/c(=N/C2CCCCC2)n1C1CCCCC1. The van der Waals surface area contributed by atoms with Crippen LogP contribution in [-0.4, -0.2) is 36.9 Å². The minimum absolute atomic E-state index is 0.393. The second-order valence-electron chi connectivity index (χ2n) is 9.61. The molecule has 0 atom stereocenters. The topological polar surface area (TPSA) is 42.9 Å². The van der Waals surface area contributed by atoms with E-state index in [0.29, 0.717) is 12.1 Å². The van der Waals surface area contributed by atoms with E-state index < -0.39 is 0 Å². The van der Waals surface area contributed by atoms with Gasteiger partial charge in [0.25, 0.3) is 5.68 Å². The van der Waals surface area contributed by atoms with E-state index in [-0.39, 0.29) is 0 Å². The molecule has 1 aliphatic heterocycles. The molecule has 172 valence electrons. The van der Waals surface area contributed by atoms with Gasteiger partial charge >= 0.3 is 0 Å². The number of aromatic nitrogens is 1. The Kier molecular flexibility index (Phi) is 6.82. The molecule has 0 bridgehead atoms. The van der Waals surface area contributed by atoms with Crippen molar-refractivity contribution in [2.45, 2.75) is 76.3 Å². The Balaban J connectivity index is 1.48. The third-order valence-electron chi connectivity index (χ3n) is 7.36. The van der Waals surface area contributed by atoms with E-state index >= 15 is 0 Å². The molecule has 1 aromatic heterocycles. The fourth-order valence-corrected chi connectivity index (χ4v) is 5.48. The molecule has 32 heavy (non-hydrogen) atoms. The number of hydrogen-bond donors (Lipinski definition) is 0. The number of rotatable bonds is 4. The van der Waals surface area contributed by atoms with E-state index in [4.69, 9.17) is 14.1 Å². The fraction of sp³-hybridized carbons (Fsp3) is 0.593. The minimum atomic E-state index is 0.393. The molecule has 2 aliphatic carbocycles. The van der Waals surface area contributed by atoms with Gasteiger partial charge in [0.1, 0.15) is 0 Å². The molecule has 1 saturated heterocycles. The predicted octanol–water partition coefficient (Wildman–Crippen LogP) is 3.90. The summed E-state index contributed by atoms with van der Waals surface area (Å²) in [6.45, 7) is 7.97. The first-order chi connectivity index (χ1) is 15.8. The molecular weight excluding hydrogens is 398 g/mol. The first-order valence-electron chi connectivity index (χ1n) is 12.7. The van der Waals surface area contributed by atoms with Gasteiger partial charge in [-0.2, -0.15) is 0 Å². The van der Waals surface area contributed by atoms with E-state index in [0.717, 1.165) is 48.3 Å². The summed E-state index contributed by atoms with van der Waals surface area (Å²) in [7, 11) is 0. The Hall–Kier alpha value is -2.27. The van der Waals surface area contributed by atoms with Gasteiger partial charge in [0.2, 0.25) is 0 Å². The molecule has 2 heterocycles. The van der Waals surface area contributed by atoms with Crippen LogP contribution in [0.25, 0.3) is 12.7 Å². The third kappa shape index (κ3) is 4.88. The van der Waals surface area contributed by atoms with Crippen molar-refractivity contribution >= 4 is 18.3 Å². The summed E-state index contributed by atoms with van der Waals surface area (Å²) in [5.41, 5.74) is 4.04. The zero-order chi connectivity index (χ0) is 21.8. The van der Waals surface area contributed by atoms with Crippen molar-refractivity contribution in [2.75, 3.05) is 31.2 Å². The van der Waals surface area contributed by atoms with Crippen molar-refractivity contribution in [1.82, 2.24) is 4.57 Å². The molecule has 5 nitrogen and oxygen atoms in total. The average molecular weight is 436 g/mol. The largest absolute Gasteiger partial charge is 0.424 e. The molecule has 0 unspecified atom stereocenters. The normalized spacial score (nSPS) is 22.6. The Bertz CT molecular complexity index is 1050. The van der Waals surface area contributed by atoms with E-state index in [2.05, 4.69) is 46.4 Å². The molecule has 1 aromatic carbocycles. The number of hydrogen-bond acceptors (Lipinski definition) is 4. The average Bonchev–Trinajstić information content (AvgIpc) is 3.15. The summed E-state index contributed by atoms with van der Waals surface area (Å²) in [5, 5.41) is 0.976. The summed E-state index contributed by atoms with van der Waals surface area (Å²) in [6, 6.07) is 9.61. The summed E-state index contributed by atoms with van der Waals surface area (Å²) in [4.78, 5) is 7.49. The Morgan fingerprint density at radius 1 is 0.875 bits per heavy atom. The number of morpholine rings is 1. The van der Waals surface area contributed by atoms with Gasteiger partial charge in [-0.3, -0.25) is 4.57 Å². The summed E-state index contributed by atoms with van der Waals surface area (Å²) >= 11 is 0. The van der Waals surface area contributed by atoms with Crippen molar-refractivity contribution in [3.8, 4) is 0 Å². The molecule has 0 radical (unpaired) electrons. The highest BCUT2D eigenvalue weighted by Gasteiger charge is 2.20. The van der Waals surface area contributed by atoms with Crippen molar-refractivity contribution < 1.29 is 9.15 Å². The van der Waals surface area contributed by atoms with Crippen LogP contribution in [0.5, 0.6) is 0 Å². The second-order valence-corrected chi connectivity index (χ2v) is 9.61. The highest BCUT2D eigenvalue weighted by molar-refractivity contribution is 5.55. The van der Waals surface area contributed by atoms with Gasteiger partial charge in [-0.1, -0.05) is 57.2 Å². The van der Waals surface area contributed by atoms with Gasteiger partial charge in [0.05, 0.1) is 24.6 Å². The van der Waals surface area contributed by atoms with E-state index in [1.807, 2.05) is 0 Å². The van der Waals surface area contributed by atoms with Gasteiger partial charge in [-0.25, -0.2) is 4.99 Å². The van der Waals surface area contributed by atoms with Gasteiger partial charge < -0.3 is 14.1 Å². The Morgan fingerprint density at radius 3 is 2.22 bits per heavy atom. The zero-order valence-electron chi connectivity index (χ0n) is 19.3. The van der Waals surface area contributed by atoms with Gasteiger partial charge in [-0.15, -0.1) is 0 Å². The lowest BCUT2D eigenvalue weighted by atomic mass is 9.95. The fourth-order valence-electron chi connectivity index (χ4n) is 5.48. The van der Waals surface area contributed by atoms with Crippen molar-refractivity contribution in [2.24, 2.45) is 4.99 Å². The highest BCUT2D eigenvalue weighted by atomic mass is 16.5. The Morgan fingerprint density at radius 2 is 1.53 bits per heavy atom. The number of oxazole rings is 1. The molecule has 2 aromatic rings. The van der Waals surface area contributed by atoms with Crippen molar-refractivity contribution in [1.29, 1.82) is 0 Å². The first-order valence-corrected chi connectivity index (χ1v) is 12.7. The molecule has 0 spiro atoms. The second kappa shape index (κ2) is 10.1. The maximum atomic E-state index is 6.40. The molecule has 5 heteroatoms. The number of benzene rings is 1. The van der Waals surface area contributed by atoms with Crippen LogP contribution in [0, 0.1) is 0 Å². The van der Waals surface area contributed by atoms with Crippen LogP contribution in [0.3, 0.4) is 0 Å². The summed E-state index contributed by atoms with van der Waals surface area (Å²) in [6.07, 6.45) is 14.7. The van der Waals surface area contributed by atoms with Crippen LogP contribution >= 0.6 is 0 Å². The lowest BCUT2D eigenvalue weighted by molar-refractivity contribution is 0.122. The van der Waals surface area contributed by atoms with Crippen LogP contribution in [-0.2, 0) is 4.74 Å². The number of nitrogens with zero attached hydrogens (tertiary/aromatic N) is 3. The smallest absolute Gasteiger partial charge is 0.298 e. The molecule has 2 saturated carbocycles. The van der Waals surface area contributed by atoms with E-state index in [9.17, 15) is 0 Å². The standard InChI is InChI=1S/C27H37N3O2/c1-21-26(20-22-12-14-24(15-13-22)29-16-18-31-19-17-29)32-27(28-23-8-4-2-5-9-23)30(21)25-10-6-3-7-11-25/h12-15,20,23,25H,1-11,16-19H2/b26-20+,28-27+. The van der Waals surface area contributed by atoms with Gasteiger partial charge in [0.15, 0.2) is 5.42 Å². The van der Waals surface area contributed by atoms with E-state index in [1.54, 1.807) is 0 Å². The molecular formula is C27H37N3O2. The maximum Gasteiger partial charge on any atom is 0.298 e. The quantitative estimate of drug-likeness (QED) is 0.732. The first kappa shape index (κ1) is 21.6. The number of ether oxygens (including phenoxy) is 1. The zero-order valence-corrected chi connectivity index (χ0v) is 19.3. The van der Waals surface area contributed by atoms with E-state index in [1.165, 1.54) is 69.9 Å². The summed E-state index contributed by atoms with van der Waals surface area (Å²) in [5.74, 6) is 0. The van der Waals surface area contributed by atoms with Crippen LogP contribution in [0.4, 0.5) is 5.69 Å². The van der Waals surface area contributed by atoms with Crippen LogP contribution in [0.1, 0.15) is 75.8 Å². The summed E-state index contributed by atoms with van der Waals surface area (Å²) < 4.78 is 14.2.